The summed E-state index contributed by atoms with van der Waals surface area (Å²) in [5.41, 5.74) is 8.22. The topological polar surface area (TPSA) is 53.2 Å². The van der Waals surface area contributed by atoms with E-state index < -0.39 is 0 Å². The molecule has 4 aromatic rings. The molecule has 2 N–H and O–H groups in total. The van der Waals surface area contributed by atoms with Gasteiger partial charge >= 0.3 is 0 Å². The number of fused-ring (bicyclic) bond motifs is 1. The van der Waals surface area contributed by atoms with Crippen LogP contribution in [0.2, 0.25) is 0 Å². The Bertz CT molecular complexity index is 1250. The van der Waals surface area contributed by atoms with Gasteiger partial charge in [-0.25, -0.2) is 4.98 Å². The van der Waals surface area contributed by atoms with E-state index in [2.05, 4.69) is 64.6 Å². The van der Waals surface area contributed by atoms with Gasteiger partial charge in [0.25, 0.3) is 0 Å². The lowest BCUT2D eigenvalue weighted by atomic mass is 9.88. The van der Waals surface area contributed by atoms with Gasteiger partial charge in [-0.05, 0) is 74.6 Å². The molecule has 0 aliphatic carbocycles. The van der Waals surface area contributed by atoms with Gasteiger partial charge < -0.3 is 19.9 Å². The van der Waals surface area contributed by atoms with Gasteiger partial charge in [-0.15, -0.1) is 0 Å². The molecular formula is C29H34N4O. The number of imidazole rings is 1. The Hall–Kier alpha value is -3.15. The van der Waals surface area contributed by atoms with E-state index in [1.165, 1.54) is 37.1 Å². The van der Waals surface area contributed by atoms with Gasteiger partial charge in [-0.3, -0.25) is 0 Å². The van der Waals surface area contributed by atoms with Gasteiger partial charge in [0.2, 0.25) is 0 Å². The Morgan fingerprint density at radius 3 is 2.50 bits per heavy atom. The lowest BCUT2D eigenvalue weighted by molar-refractivity contribution is 0.214. The SMILES string of the molecule is CNCCN1CCC(c2cc(C)c3nc(-c4ccc(-c5ccccc5OC)cc4)[nH]c3c2)CC1. The van der Waals surface area contributed by atoms with Crippen LogP contribution in [0.25, 0.3) is 33.5 Å². The van der Waals surface area contributed by atoms with Crippen molar-refractivity contribution in [2.75, 3.05) is 40.3 Å². The number of hydrogen-bond acceptors (Lipinski definition) is 4. The highest BCUT2D eigenvalue weighted by Gasteiger charge is 2.21. The first kappa shape index (κ1) is 22.6. The van der Waals surface area contributed by atoms with Crippen LogP contribution < -0.4 is 10.1 Å². The van der Waals surface area contributed by atoms with E-state index in [1.807, 2.05) is 25.2 Å². The van der Waals surface area contributed by atoms with Crippen molar-refractivity contribution in [3.63, 3.8) is 0 Å². The number of likely N-dealkylation sites (tertiary alicyclic amines) is 1. The van der Waals surface area contributed by atoms with Crippen LogP contribution in [0.15, 0.2) is 60.7 Å². The maximum Gasteiger partial charge on any atom is 0.138 e. The first-order valence-electron chi connectivity index (χ1n) is 12.3. The molecule has 0 atom stereocenters. The van der Waals surface area contributed by atoms with Gasteiger partial charge in [-0.2, -0.15) is 0 Å². The molecule has 5 rings (SSSR count). The number of H-pyrrole nitrogens is 1. The van der Waals surface area contributed by atoms with Crippen molar-refractivity contribution >= 4 is 11.0 Å². The number of aromatic amines is 1. The fourth-order valence-corrected chi connectivity index (χ4v) is 5.14. The van der Waals surface area contributed by atoms with Crippen LogP contribution in [0.3, 0.4) is 0 Å². The molecule has 3 aromatic carbocycles. The molecule has 0 saturated carbocycles. The Labute approximate surface area is 202 Å². The fraction of sp³-hybridized carbons (Fsp3) is 0.345. The zero-order valence-electron chi connectivity index (χ0n) is 20.4. The van der Waals surface area contributed by atoms with Crippen LogP contribution in [0.4, 0.5) is 0 Å². The Balaban J connectivity index is 1.37. The molecule has 0 amide bonds. The molecule has 0 radical (unpaired) electrons. The van der Waals surface area contributed by atoms with Crippen molar-refractivity contribution in [1.82, 2.24) is 20.2 Å². The third-order valence-corrected chi connectivity index (χ3v) is 7.11. The zero-order chi connectivity index (χ0) is 23.5. The van der Waals surface area contributed by atoms with Crippen molar-refractivity contribution in [2.45, 2.75) is 25.7 Å². The molecule has 1 aliphatic rings. The van der Waals surface area contributed by atoms with Crippen molar-refractivity contribution in [3.05, 3.63) is 71.8 Å². The Kier molecular flexibility index (Phi) is 6.66. The van der Waals surface area contributed by atoms with E-state index in [4.69, 9.17) is 9.72 Å². The number of likely N-dealkylation sites (N-methyl/N-ethyl adjacent to an activating group) is 1. The maximum atomic E-state index is 5.53. The second-order valence-corrected chi connectivity index (χ2v) is 9.32. The molecule has 0 spiro atoms. The first-order valence-corrected chi connectivity index (χ1v) is 12.3. The highest BCUT2D eigenvalue weighted by atomic mass is 16.5. The van der Waals surface area contributed by atoms with E-state index in [0.717, 1.165) is 52.4 Å². The second kappa shape index (κ2) is 10.00. The smallest absolute Gasteiger partial charge is 0.138 e. The summed E-state index contributed by atoms with van der Waals surface area (Å²) in [5.74, 6) is 2.43. The minimum absolute atomic E-state index is 0.626. The summed E-state index contributed by atoms with van der Waals surface area (Å²) < 4.78 is 5.53. The molecule has 1 saturated heterocycles. The molecule has 1 fully saturated rings. The van der Waals surface area contributed by atoms with Crippen LogP contribution in [0, 0.1) is 6.92 Å². The second-order valence-electron chi connectivity index (χ2n) is 9.32. The quantitative estimate of drug-likeness (QED) is 0.381. The average molecular weight is 455 g/mol. The van der Waals surface area contributed by atoms with Crippen LogP contribution in [-0.2, 0) is 0 Å². The van der Waals surface area contributed by atoms with E-state index in [9.17, 15) is 0 Å². The number of rotatable bonds is 7. The highest BCUT2D eigenvalue weighted by Crippen LogP contribution is 2.34. The Morgan fingerprint density at radius 2 is 1.76 bits per heavy atom. The first-order chi connectivity index (χ1) is 16.7. The standard InChI is InChI=1S/C29H34N4O/c1-20-18-24(21-12-15-33(16-13-21)17-14-30-2)19-26-28(20)32-29(31-26)23-10-8-22(9-11-23)25-6-4-5-7-27(25)34-3/h4-11,18-19,21,30H,12-17H2,1-3H3,(H,31,32). The maximum absolute atomic E-state index is 5.53. The number of methoxy groups -OCH3 is 1. The number of ether oxygens (including phenoxy) is 1. The van der Waals surface area contributed by atoms with Gasteiger partial charge in [0.1, 0.15) is 11.6 Å². The lowest BCUT2D eigenvalue weighted by Crippen LogP contribution is -2.37. The molecule has 2 heterocycles. The molecule has 0 unspecified atom stereocenters. The zero-order valence-corrected chi connectivity index (χ0v) is 20.4. The molecular weight excluding hydrogens is 420 g/mol. The van der Waals surface area contributed by atoms with Gasteiger partial charge in [-0.1, -0.05) is 48.5 Å². The Morgan fingerprint density at radius 1 is 1.03 bits per heavy atom. The van der Waals surface area contributed by atoms with E-state index in [-0.39, 0.29) is 0 Å². The summed E-state index contributed by atoms with van der Waals surface area (Å²) in [6.45, 7) is 6.74. The summed E-state index contributed by atoms with van der Waals surface area (Å²) >= 11 is 0. The van der Waals surface area contributed by atoms with Crippen molar-refractivity contribution < 1.29 is 4.74 Å². The minimum atomic E-state index is 0.626. The summed E-state index contributed by atoms with van der Waals surface area (Å²) in [7, 11) is 3.74. The molecule has 5 nitrogen and oxygen atoms in total. The van der Waals surface area contributed by atoms with E-state index in [1.54, 1.807) is 7.11 Å². The molecule has 176 valence electrons. The number of nitrogens with zero attached hydrogens (tertiary/aromatic N) is 2. The third-order valence-electron chi connectivity index (χ3n) is 7.11. The summed E-state index contributed by atoms with van der Waals surface area (Å²) in [5, 5.41) is 3.26. The van der Waals surface area contributed by atoms with Crippen molar-refractivity contribution in [2.24, 2.45) is 0 Å². The number of aryl methyl sites for hydroxylation is 1. The highest BCUT2D eigenvalue weighted by molar-refractivity contribution is 5.83. The van der Waals surface area contributed by atoms with Gasteiger partial charge in [0, 0.05) is 24.2 Å². The lowest BCUT2D eigenvalue weighted by Gasteiger charge is -2.32. The average Bonchev–Trinajstić information content (AvgIpc) is 3.33. The van der Waals surface area contributed by atoms with Gasteiger partial charge in [0.05, 0.1) is 18.1 Å². The van der Waals surface area contributed by atoms with E-state index in [0.29, 0.717) is 5.92 Å². The van der Waals surface area contributed by atoms with Crippen LogP contribution >= 0.6 is 0 Å². The summed E-state index contributed by atoms with van der Waals surface area (Å²) in [4.78, 5) is 11.1. The molecule has 34 heavy (non-hydrogen) atoms. The third kappa shape index (κ3) is 4.59. The summed E-state index contributed by atoms with van der Waals surface area (Å²) in [6.07, 6.45) is 2.44. The number of benzene rings is 3. The molecule has 0 bridgehead atoms. The predicted molar refractivity (Wildman–Crippen MR) is 141 cm³/mol. The number of aromatic nitrogens is 2. The number of para-hydroxylation sites is 1. The van der Waals surface area contributed by atoms with Crippen LogP contribution in [0.1, 0.15) is 29.9 Å². The van der Waals surface area contributed by atoms with Gasteiger partial charge in [0.15, 0.2) is 0 Å². The van der Waals surface area contributed by atoms with Crippen molar-refractivity contribution in [1.29, 1.82) is 0 Å². The fourth-order valence-electron chi connectivity index (χ4n) is 5.14. The number of nitrogens with one attached hydrogen (secondary N) is 2. The van der Waals surface area contributed by atoms with E-state index >= 15 is 0 Å². The predicted octanol–water partition coefficient (Wildman–Crippen LogP) is 5.61. The summed E-state index contributed by atoms with van der Waals surface area (Å²) in [6, 6.07) is 21.3. The monoisotopic (exact) mass is 454 g/mol. The molecule has 5 heteroatoms. The molecule has 1 aromatic heterocycles. The van der Waals surface area contributed by atoms with Crippen LogP contribution in [0.5, 0.6) is 5.75 Å². The molecule has 1 aliphatic heterocycles. The van der Waals surface area contributed by atoms with Crippen molar-refractivity contribution in [3.8, 4) is 28.3 Å². The van der Waals surface area contributed by atoms with Crippen LogP contribution in [-0.4, -0.2) is 55.2 Å². The number of piperidine rings is 1. The normalized spacial score (nSPS) is 15.1. The minimum Gasteiger partial charge on any atom is -0.496 e. The number of hydrogen-bond donors (Lipinski definition) is 2. The largest absolute Gasteiger partial charge is 0.496 e.